The maximum absolute atomic E-state index is 12.0. The van der Waals surface area contributed by atoms with Crippen LogP contribution in [0.5, 0.6) is 17.2 Å². The highest BCUT2D eigenvalue weighted by Gasteiger charge is 2.14. The number of rotatable bonds is 7. The molecule has 0 radical (unpaired) electrons. The predicted octanol–water partition coefficient (Wildman–Crippen LogP) is 2.03. The average Bonchev–Trinajstić information content (AvgIpc) is 2.67. The van der Waals surface area contributed by atoms with Crippen LogP contribution < -0.4 is 24.7 Å². The van der Waals surface area contributed by atoms with E-state index >= 15 is 0 Å². The summed E-state index contributed by atoms with van der Waals surface area (Å²) in [6.07, 6.45) is 0. The Morgan fingerprint density at radius 2 is 1.52 bits per heavy atom. The van der Waals surface area contributed by atoms with Crippen LogP contribution in [0.3, 0.4) is 0 Å². The molecule has 0 saturated carbocycles. The van der Waals surface area contributed by atoms with E-state index in [0.717, 1.165) is 34.6 Å². The van der Waals surface area contributed by atoms with Crippen LogP contribution in [0.25, 0.3) is 11.0 Å². The molecular weight excluding hydrogens is 346 g/mol. The molecule has 3 aromatic rings. The van der Waals surface area contributed by atoms with Gasteiger partial charge in [0, 0.05) is 34.7 Å². The van der Waals surface area contributed by atoms with E-state index in [4.69, 9.17) is 18.6 Å². The first-order valence-corrected chi connectivity index (χ1v) is 8.67. The van der Waals surface area contributed by atoms with Gasteiger partial charge in [0.2, 0.25) is 0 Å². The molecule has 1 N–H and O–H groups in total. The summed E-state index contributed by atoms with van der Waals surface area (Å²) in [5.41, 5.74) is 2.19. The molecule has 1 heterocycles. The Morgan fingerprint density at radius 3 is 2.22 bits per heavy atom. The summed E-state index contributed by atoms with van der Waals surface area (Å²) >= 11 is 0. The number of fused-ring (bicyclic) bond motifs is 1. The van der Waals surface area contributed by atoms with Crippen LogP contribution in [-0.4, -0.2) is 28.4 Å². The summed E-state index contributed by atoms with van der Waals surface area (Å²) in [6, 6.07) is 12.9. The van der Waals surface area contributed by atoms with Crippen molar-refractivity contribution in [2.45, 2.75) is 13.1 Å². The van der Waals surface area contributed by atoms with Crippen LogP contribution in [0.4, 0.5) is 0 Å². The van der Waals surface area contributed by atoms with Crippen LogP contribution in [0.15, 0.2) is 51.7 Å². The fourth-order valence-electron chi connectivity index (χ4n) is 3.19. The molecule has 3 rings (SSSR count). The Labute approximate surface area is 157 Å². The molecule has 0 amide bonds. The normalized spacial score (nSPS) is 12.0. The quantitative estimate of drug-likeness (QED) is 0.645. The second-order valence-corrected chi connectivity index (χ2v) is 6.44. The van der Waals surface area contributed by atoms with Crippen molar-refractivity contribution < 1.29 is 23.5 Å². The summed E-state index contributed by atoms with van der Waals surface area (Å²) in [6.45, 7) is 1.41. The van der Waals surface area contributed by atoms with Crippen molar-refractivity contribution in [2.75, 3.05) is 28.4 Å². The number of quaternary nitrogens is 1. The van der Waals surface area contributed by atoms with E-state index in [2.05, 4.69) is 7.05 Å². The van der Waals surface area contributed by atoms with Gasteiger partial charge in [-0.3, -0.25) is 0 Å². The first kappa shape index (κ1) is 18.8. The molecular formula is C21H24NO5+. The van der Waals surface area contributed by atoms with E-state index in [1.807, 2.05) is 30.3 Å². The topological polar surface area (TPSA) is 62.3 Å². The summed E-state index contributed by atoms with van der Waals surface area (Å²) in [4.78, 5) is 13.2. The highest BCUT2D eigenvalue weighted by Crippen LogP contribution is 2.24. The van der Waals surface area contributed by atoms with Gasteiger partial charge in [-0.1, -0.05) is 0 Å². The number of nitrogens with one attached hydrogen (secondary N) is 1. The molecule has 0 saturated heterocycles. The third kappa shape index (κ3) is 4.23. The van der Waals surface area contributed by atoms with Crippen molar-refractivity contribution >= 4 is 11.0 Å². The molecule has 6 heteroatoms. The van der Waals surface area contributed by atoms with E-state index in [1.54, 1.807) is 33.5 Å². The monoisotopic (exact) mass is 370 g/mol. The zero-order valence-corrected chi connectivity index (χ0v) is 16.0. The Morgan fingerprint density at radius 1 is 0.852 bits per heavy atom. The van der Waals surface area contributed by atoms with Crippen LogP contribution in [0.2, 0.25) is 0 Å². The van der Waals surface area contributed by atoms with Crippen molar-refractivity contribution in [1.29, 1.82) is 0 Å². The minimum atomic E-state index is -0.361. The van der Waals surface area contributed by atoms with Crippen molar-refractivity contribution in [1.82, 2.24) is 0 Å². The molecule has 142 valence electrons. The van der Waals surface area contributed by atoms with Crippen molar-refractivity contribution in [3.05, 3.63) is 64.0 Å². The number of methoxy groups -OCH3 is 3. The lowest BCUT2D eigenvalue weighted by Crippen LogP contribution is -3.06. The number of benzene rings is 2. The van der Waals surface area contributed by atoms with Gasteiger partial charge in [0.1, 0.15) is 35.9 Å². The highest BCUT2D eigenvalue weighted by molar-refractivity contribution is 5.81. The van der Waals surface area contributed by atoms with Gasteiger partial charge in [0.15, 0.2) is 0 Å². The van der Waals surface area contributed by atoms with E-state index in [1.165, 1.54) is 4.90 Å². The first-order valence-electron chi connectivity index (χ1n) is 8.67. The molecule has 1 unspecified atom stereocenters. The van der Waals surface area contributed by atoms with Gasteiger partial charge >= 0.3 is 5.63 Å². The SMILES string of the molecule is COc1ccc(C[NH+](C)Cc2cc(=O)oc3cc(OC)ccc23)c(OC)c1. The summed E-state index contributed by atoms with van der Waals surface area (Å²) in [5, 5.41) is 0.913. The molecule has 0 aliphatic rings. The molecule has 1 atom stereocenters. The second-order valence-electron chi connectivity index (χ2n) is 6.44. The number of hydrogen-bond acceptors (Lipinski definition) is 5. The molecule has 6 nitrogen and oxygen atoms in total. The fraction of sp³-hybridized carbons (Fsp3) is 0.286. The first-order chi connectivity index (χ1) is 13.0. The number of hydrogen-bond donors (Lipinski definition) is 1. The molecule has 2 aromatic carbocycles. The smallest absolute Gasteiger partial charge is 0.336 e. The summed E-state index contributed by atoms with van der Waals surface area (Å²) in [5.74, 6) is 2.20. The Bertz CT molecular complexity index is 996. The lowest BCUT2D eigenvalue weighted by Gasteiger charge is -2.17. The van der Waals surface area contributed by atoms with Crippen LogP contribution in [0, 0.1) is 0 Å². The lowest BCUT2D eigenvalue weighted by molar-refractivity contribution is -0.907. The van der Waals surface area contributed by atoms with Gasteiger partial charge < -0.3 is 23.5 Å². The van der Waals surface area contributed by atoms with E-state index in [-0.39, 0.29) is 5.63 Å². The molecule has 0 spiro atoms. The molecule has 0 aliphatic heterocycles. The van der Waals surface area contributed by atoms with Crippen LogP contribution >= 0.6 is 0 Å². The van der Waals surface area contributed by atoms with Crippen molar-refractivity contribution in [3.63, 3.8) is 0 Å². The second kappa shape index (κ2) is 8.14. The third-order valence-electron chi connectivity index (χ3n) is 4.52. The van der Waals surface area contributed by atoms with E-state index < -0.39 is 0 Å². The van der Waals surface area contributed by atoms with E-state index in [9.17, 15) is 4.79 Å². The van der Waals surface area contributed by atoms with Gasteiger partial charge in [0.25, 0.3) is 0 Å². The average molecular weight is 370 g/mol. The molecule has 0 aliphatic carbocycles. The Kier molecular flexibility index (Phi) is 5.66. The summed E-state index contributed by atoms with van der Waals surface area (Å²) < 4.78 is 21.3. The lowest BCUT2D eigenvalue weighted by atomic mass is 10.1. The minimum absolute atomic E-state index is 0.361. The maximum Gasteiger partial charge on any atom is 0.336 e. The standard InChI is InChI=1S/C21H23NO5/c1-22(12-14-5-6-16(24-2)10-19(14)26-4)13-15-9-21(23)27-20-11-17(25-3)7-8-18(15)20/h5-11H,12-13H2,1-4H3/p+1. The van der Waals surface area contributed by atoms with Gasteiger partial charge in [-0.05, 0) is 24.3 Å². The highest BCUT2D eigenvalue weighted by atomic mass is 16.5. The largest absolute Gasteiger partial charge is 0.497 e. The predicted molar refractivity (Wildman–Crippen MR) is 103 cm³/mol. The molecule has 1 aromatic heterocycles. The Hall–Kier alpha value is -2.99. The van der Waals surface area contributed by atoms with Gasteiger partial charge in [-0.15, -0.1) is 0 Å². The molecule has 27 heavy (non-hydrogen) atoms. The van der Waals surface area contributed by atoms with E-state index in [0.29, 0.717) is 17.9 Å². The fourth-order valence-corrected chi connectivity index (χ4v) is 3.19. The minimum Gasteiger partial charge on any atom is -0.497 e. The molecule has 0 bridgehead atoms. The van der Waals surface area contributed by atoms with Crippen molar-refractivity contribution in [2.24, 2.45) is 0 Å². The van der Waals surface area contributed by atoms with Crippen LogP contribution in [-0.2, 0) is 13.1 Å². The molecule has 0 fully saturated rings. The maximum atomic E-state index is 12.0. The number of ether oxygens (including phenoxy) is 3. The van der Waals surface area contributed by atoms with Gasteiger partial charge in [0.05, 0.1) is 28.4 Å². The van der Waals surface area contributed by atoms with Crippen molar-refractivity contribution in [3.8, 4) is 17.2 Å². The van der Waals surface area contributed by atoms with Crippen LogP contribution in [0.1, 0.15) is 11.1 Å². The van der Waals surface area contributed by atoms with Gasteiger partial charge in [-0.25, -0.2) is 4.79 Å². The third-order valence-corrected chi connectivity index (χ3v) is 4.52. The Balaban J connectivity index is 1.86. The van der Waals surface area contributed by atoms with Gasteiger partial charge in [-0.2, -0.15) is 0 Å². The zero-order valence-electron chi connectivity index (χ0n) is 16.0. The zero-order chi connectivity index (χ0) is 19.4. The summed E-state index contributed by atoms with van der Waals surface area (Å²) in [7, 11) is 6.95.